The highest BCUT2D eigenvalue weighted by atomic mass is 32.2. The Morgan fingerprint density at radius 1 is 1.15 bits per heavy atom. The lowest BCUT2D eigenvalue weighted by Gasteiger charge is -2.09. The molecule has 0 saturated carbocycles. The van der Waals surface area contributed by atoms with Gasteiger partial charge < -0.3 is 14.8 Å². The molecule has 1 aromatic heterocycles. The average molecular weight is 402 g/mol. The first-order valence-electron chi connectivity index (χ1n) is 8.32. The number of hydrogen-bond donors (Lipinski definition) is 1. The normalized spacial score (nSPS) is 10.4. The molecule has 3 rings (SSSR count). The molecule has 0 aliphatic rings. The van der Waals surface area contributed by atoms with E-state index in [2.05, 4.69) is 15.5 Å². The van der Waals surface area contributed by atoms with Gasteiger partial charge in [-0.15, -0.1) is 10.2 Å². The van der Waals surface area contributed by atoms with E-state index in [0.29, 0.717) is 17.3 Å². The number of nitrogens with zero attached hydrogens (tertiary/aromatic N) is 2. The summed E-state index contributed by atoms with van der Waals surface area (Å²) in [6, 6.07) is 15.1. The maximum absolute atomic E-state index is 11.5. The lowest BCUT2D eigenvalue weighted by Crippen LogP contribution is -2.00. The molecule has 6 nitrogen and oxygen atoms in total. The molecule has 0 spiro atoms. The number of hydrogen-bond acceptors (Lipinski definition) is 8. The molecule has 0 atom stereocenters. The molecule has 0 unspecified atom stereocenters. The van der Waals surface area contributed by atoms with Crippen LogP contribution in [0, 0.1) is 0 Å². The van der Waals surface area contributed by atoms with Crippen LogP contribution < -0.4 is 10.1 Å². The molecule has 0 aliphatic carbocycles. The van der Waals surface area contributed by atoms with E-state index in [0.717, 1.165) is 27.1 Å². The minimum Gasteiger partial charge on any atom is -0.492 e. The van der Waals surface area contributed by atoms with Crippen LogP contribution in [-0.4, -0.2) is 29.9 Å². The van der Waals surface area contributed by atoms with Crippen molar-refractivity contribution in [2.24, 2.45) is 0 Å². The predicted molar refractivity (Wildman–Crippen MR) is 108 cm³/mol. The van der Waals surface area contributed by atoms with Gasteiger partial charge in [0.15, 0.2) is 4.34 Å². The lowest BCUT2D eigenvalue weighted by atomic mass is 10.1. The Labute approximate surface area is 165 Å². The molecule has 1 heterocycles. The van der Waals surface area contributed by atoms with Gasteiger partial charge in [0.25, 0.3) is 0 Å². The number of anilines is 2. The van der Waals surface area contributed by atoms with Crippen molar-refractivity contribution in [3.63, 3.8) is 0 Å². The minimum absolute atomic E-state index is 0.332. The summed E-state index contributed by atoms with van der Waals surface area (Å²) >= 11 is 3.08. The van der Waals surface area contributed by atoms with Gasteiger partial charge in [-0.1, -0.05) is 47.4 Å². The van der Waals surface area contributed by atoms with Gasteiger partial charge in [-0.05, 0) is 36.8 Å². The molecule has 2 aromatic carbocycles. The van der Waals surface area contributed by atoms with Crippen molar-refractivity contribution >= 4 is 39.9 Å². The molecule has 27 heavy (non-hydrogen) atoms. The monoisotopic (exact) mass is 401 g/mol. The van der Waals surface area contributed by atoms with E-state index in [-0.39, 0.29) is 5.97 Å². The highest BCUT2D eigenvalue weighted by Gasteiger charge is 2.09. The number of benzene rings is 2. The first kappa shape index (κ1) is 19.2. The average Bonchev–Trinajstić information content (AvgIpc) is 3.15. The summed E-state index contributed by atoms with van der Waals surface area (Å²) in [6.07, 6.45) is 0. The Bertz CT molecular complexity index is 897. The fourth-order valence-electron chi connectivity index (χ4n) is 2.29. The SMILES string of the molecule is CCOc1ccccc1Nc1nnc(SCc2ccc(C(=O)OC)cc2)s1. The molecule has 1 N–H and O–H groups in total. The van der Waals surface area contributed by atoms with Gasteiger partial charge in [0.2, 0.25) is 5.13 Å². The van der Waals surface area contributed by atoms with Crippen LogP contribution in [0.2, 0.25) is 0 Å². The number of para-hydroxylation sites is 2. The number of rotatable bonds is 8. The van der Waals surface area contributed by atoms with Crippen LogP contribution in [-0.2, 0) is 10.5 Å². The molecule has 3 aromatic rings. The van der Waals surface area contributed by atoms with Crippen molar-refractivity contribution in [2.45, 2.75) is 17.0 Å². The molecule has 8 heteroatoms. The maximum Gasteiger partial charge on any atom is 0.337 e. The van der Waals surface area contributed by atoms with E-state index >= 15 is 0 Å². The van der Waals surface area contributed by atoms with Crippen LogP contribution in [0.15, 0.2) is 52.9 Å². The molecular weight excluding hydrogens is 382 g/mol. The summed E-state index contributed by atoms with van der Waals surface area (Å²) in [5.74, 6) is 1.20. The highest BCUT2D eigenvalue weighted by Crippen LogP contribution is 2.32. The molecule has 0 amide bonds. The molecular formula is C19H19N3O3S2. The molecule has 0 saturated heterocycles. The molecule has 0 radical (unpaired) electrons. The summed E-state index contributed by atoms with van der Waals surface area (Å²) in [5.41, 5.74) is 2.51. The molecule has 0 aliphatic heterocycles. The van der Waals surface area contributed by atoms with Crippen LogP contribution >= 0.6 is 23.1 Å². The van der Waals surface area contributed by atoms with E-state index in [1.807, 2.05) is 43.3 Å². The number of nitrogens with one attached hydrogen (secondary N) is 1. The Hall–Kier alpha value is -2.58. The number of carbonyl (C=O) groups is 1. The Balaban J connectivity index is 1.59. The zero-order chi connectivity index (χ0) is 19.1. The molecule has 0 bridgehead atoms. The van der Waals surface area contributed by atoms with E-state index in [4.69, 9.17) is 9.47 Å². The van der Waals surface area contributed by atoms with E-state index < -0.39 is 0 Å². The van der Waals surface area contributed by atoms with Crippen LogP contribution in [0.5, 0.6) is 5.75 Å². The summed E-state index contributed by atoms with van der Waals surface area (Å²) in [7, 11) is 1.37. The topological polar surface area (TPSA) is 73.3 Å². The van der Waals surface area contributed by atoms with Crippen LogP contribution in [0.3, 0.4) is 0 Å². The summed E-state index contributed by atoms with van der Waals surface area (Å²) in [5, 5.41) is 12.4. The van der Waals surface area contributed by atoms with Gasteiger partial charge in [-0.3, -0.25) is 0 Å². The molecule has 0 fully saturated rings. The third kappa shape index (κ3) is 5.21. The summed E-state index contributed by atoms with van der Waals surface area (Å²) in [6.45, 7) is 2.55. The van der Waals surface area contributed by atoms with Crippen molar-refractivity contribution in [3.8, 4) is 5.75 Å². The minimum atomic E-state index is -0.332. The zero-order valence-corrected chi connectivity index (χ0v) is 16.6. The highest BCUT2D eigenvalue weighted by molar-refractivity contribution is 8.00. The second-order valence-corrected chi connectivity index (χ2v) is 7.60. The Morgan fingerprint density at radius 2 is 1.93 bits per heavy atom. The summed E-state index contributed by atoms with van der Waals surface area (Å²) in [4.78, 5) is 11.5. The number of aromatic nitrogens is 2. The van der Waals surface area contributed by atoms with Gasteiger partial charge in [-0.25, -0.2) is 4.79 Å². The third-order valence-electron chi connectivity index (χ3n) is 3.57. The third-order valence-corrected chi connectivity index (χ3v) is 5.62. The standard InChI is InChI=1S/C19H19N3O3S2/c1-3-25-16-7-5-4-6-15(16)20-18-21-22-19(27-18)26-12-13-8-10-14(11-9-13)17(23)24-2/h4-11H,3,12H2,1-2H3,(H,20,21). The predicted octanol–water partition coefficient (Wildman–Crippen LogP) is 4.76. The number of methoxy groups -OCH3 is 1. The lowest BCUT2D eigenvalue weighted by molar-refractivity contribution is 0.0600. The van der Waals surface area contributed by atoms with Gasteiger partial charge in [0.05, 0.1) is 25.0 Å². The van der Waals surface area contributed by atoms with Crippen LogP contribution in [0.1, 0.15) is 22.8 Å². The smallest absolute Gasteiger partial charge is 0.337 e. The maximum atomic E-state index is 11.5. The van der Waals surface area contributed by atoms with Crippen molar-refractivity contribution < 1.29 is 14.3 Å². The van der Waals surface area contributed by atoms with Gasteiger partial charge in [-0.2, -0.15) is 0 Å². The number of carbonyl (C=O) groups excluding carboxylic acids is 1. The fourth-order valence-corrected chi connectivity index (χ4v) is 4.01. The molecule has 140 valence electrons. The van der Waals surface area contributed by atoms with Gasteiger partial charge >= 0.3 is 5.97 Å². The van der Waals surface area contributed by atoms with E-state index in [1.165, 1.54) is 18.4 Å². The Kier molecular flexibility index (Phi) is 6.67. The van der Waals surface area contributed by atoms with Crippen LogP contribution in [0.4, 0.5) is 10.8 Å². The fraction of sp³-hybridized carbons (Fsp3) is 0.211. The van der Waals surface area contributed by atoms with Crippen molar-refractivity contribution in [2.75, 3.05) is 19.0 Å². The zero-order valence-electron chi connectivity index (χ0n) is 15.0. The number of thioether (sulfide) groups is 1. The van der Waals surface area contributed by atoms with Gasteiger partial charge in [0, 0.05) is 5.75 Å². The number of ether oxygens (including phenoxy) is 2. The van der Waals surface area contributed by atoms with Crippen molar-refractivity contribution in [1.29, 1.82) is 0 Å². The van der Waals surface area contributed by atoms with Crippen molar-refractivity contribution in [3.05, 3.63) is 59.7 Å². The summed E-state index contributed by atoms with van der Waals surface area (Å²) < 4.78 is 11.2. The first-order chi connectivity index (χ1) is 13.2. The van der Waals surface area contributed by atoms with E-state index in [1.54, 1.807) is 23.9 Å². The van der Waals surface area contributed by atoms with Crippen LogP contribution in [0.25, 0.3) is 0 Å². The Morgan fingerprint density at radius 3 is 2.67 bits per heavy atom. The van der Waals surface area contributed by atoms with Crippen molar-refractivity contribution in [1.82, 2.24) is 10.2 Å². The van der Waals surface area contributed by atoms with E-state index in [9.17, 15) is 4.79 Å². The van der Waals surface area contributed by atoms with Gasteiger partial charge in [0.1, 0.15) is 5.75 Å². The largest absolute Gasteiger partial charge is 0.492 e. The first-order valence-corrected chi connectivity index (χ1v) is 10.1. The second-order valence-electron chi connectivity index (χ2n) is 5.40. The quantitative estimate of drug-likeness (QED) is 0.431. The second kappa shape index (κ2) is 9.38. The number of esters is 1.